The van der Waals surface area contributed by atoms with Crippen LogP contribution in [0.25, 0.3) is 17.0 Å². The second-order valence-electron chi connectivity index (χ2n) is 7.76. The lowest BCUT2D eigenvalue weighted by Gasteiger charge is -2.18. The number of imide groups is 1. The third kappa shape index (κ3) is 3.81. The molecular weight excluding hydrogens is 400 g/mol. The van der Waals surface area contributed by atoms with Crippen LogP contribution in [-0.4, -0.2) is 28.1 Å². The average Bonchev–Trinajstić information content (AvgIpc) is 3.39. The highest BCUT2D eigenvalue weighted by Gasteiger charge is 2.37. The van der Waals surface area contributed by atoms with Crippen LogP contribution in [0.2, 0.25) is 0 Å². The van der Waals surface area contributed by atoms with E-state index >= 15 is 0 Å². The lowest BCUT2D eigenvalue weighted by atomic mass is 10.1. The van der Waals surface area contributed by atoms with Crippen molar-refractivity contribution < 1.29 is 14.3 Å². The van der Waals surface area contributed by atoms with Crippen molar-refractivity contribution in [3.63, 3.8) is 0 Å². The number of carbonyl (C=O) groups is 2. The Labute approximate surface area is 186 Å². The van der Waals surface area contributed by atoms with Gasteiger partial charge in [0.05, 0.1) is 0 Å². The van der Waals surface area contributed by atoms with Crippen LogP contribution in [0.5, 0.6) is 0 Å². The molecule has 158 valence electrons. The van der Waals surface area contributed by atoms with E-state index in [9.17, 15) is 9.59 Å². The van der Waals surface area contributed by atoms with Gasteiger partial charge in [0.2, 0.25) is 0 Å². The Morgan fingerprint density at radius 1 is 0.938 bits per heavy atom. The molecule has 5 nitrogen and oxygen atoms in total. The quantitative estimate of drug-likeness (QED) is 0.404. The molecule has 1 atom stereocenters. The number of amides is 2. The summed E-state index contributed by atoms with van der Waals surface area (Å²) in [5, 5.41) is 1.05. The fraction of sp³-hybridized carbons (Fsp3) is 0.111. The Morgan fingerprint density at radius 2 is 1.62 bits per heavy atom. The molecule has 0 saturated carbocycles. The number of aromatic nitrogens is 1. The van der Waals surface area contributed by atoms with Crippen molar-refractivity contribution in [2.24, 2.45) is 0 Å². The Hall–Kier alpha value is -4.12. The molecule has 3 aromatic carbocycles. The van der Waals surface area contributed by atoms with Gasteiger partial charge in [-0.2, -0.15) is 0 Å². The summed E-state index contributed by atoms with van der Waals surface area (Å²) >= 11 is 0. The van der Waals surface area contributed by atoms with Crippen molar-refractivity contribution >= 4 is 29.0 Å². The van der Waals surface area contributed by atoms with Crippen molar-refractivity contribution in [2.75, 3.05) is 6.61 Å². The summed E-state index contributed by atoms with van der Waals surface area (Å²) < 4.78 is 7.35. The van der Waals surface area contributed by atoms with Crippen LogP contribution in [0.4, 0.5) is 4.79 Å². The number of benzene rings is 3. The van der Waals surface area contributed by atoms with Crippen molar-refractivity contribution in [3.8, 4) is 0 Å². The molecular formula is C27H22N2O3. The van der Waals surface area contributed by atoms with Crippen LogP contribution in [0.3, 0.4) is 0 Å². The highest BCUT2D eigenvalue weighted by Crippen LogP contribution is 2.29. The van der Waals surface area contributed by atoms with E-state index in [0.29, 0.717) is 0 Å². The van der Waals surface area contributed by atoms with Crippen LogP contribution in [0.15, 0.2) is 97.2 Å². The monoisotopic (exact) mass is 422 g/mol. The predicted octanol–water partition coefficient (Wildman–Crippen LogP) is 5.42. The number of hydrogen-bond acceptors (Lipinski definition) is 3. The standard InChI is InChI=1S/C27H22N2O3/c30-26(29-25(19-32-27(29)31)21-11-5-2-6-12-21)16-15-22-18-28(17-20-9-3-1-4-10-20)24-14-8-7-13-23(22)24/h1-16,18,25H,17,19H2/b16-15+. The minimum atomic E-state index is -0.611. The second kappa shape index (κ2) is 8.55. The van der Waals surface area contributed by atoms with E-state index in [0.717, 1.165) is 28.6 Å². The molecule has 1 aliphatic heterocycles. The first-order valence-electron chi connectivity index (χ1n) is 10.6. The second-order valence-corrected chi connectivity index (χ2v) is 7.76. The van der Waals surface area contributed by atoms with Crippen molar-refractivity contribution in [3.05, 3.63) is 114 Å². The van der Waals surface area contributed by atoms with Gasteiger partial charge in [0.1, 0.15) is 12.6 Å². The van der Waals surface area contributed by atoms with Gasteiger partial charge in [-0.1, -0.05) is 78.9 Å². The van der Waals surface area contributed by atoms with Crippen LogP contribution in [-0.2, 0) is 16.1 Å². The maximum Gasteiger partial charge on any atom is 0.417 e. The van der Waals surface area contributed by atoms with Gasteiger partial charge in [0.15, 0.2) is 0 Å². The molecule has 0 spiro atoms. The summed E-state index contributed by atoms with van der Waals surface area (Å²) in [6.45, 7) is 0.899. The summed E-state index contributed by atoms with van der Waals surface area (Å²) in [5.74, 6) is -0.388. The SMILES string of the molecule is O=C(/C=C/c1cn(Cc2ccccc2)c2ccccc12)N1C(=O)OCC1c1ccccc1. The lowest BCUT2D eigenvalue weighted by Crippen LogP contribution is -2.32. The van der Waals surface area contributed by atoms with Crippen LogP contribution < -0.4 is 0 Å². The Balaban J connectivity index is 1.43. The van der Waals surface area contributed by atoms with E-state index in [-0.39, 0.29) is 12.5 Å². The maximum atomic E-state index is 13.0. The average molecular weight is 422 g/mol. The van der Waals surface area contributed by atoms with Gasteiger partial charge in [-0.15, -0.1) is 0 Å². The minimum Gasteiger partial charge on any atom is -0.446 e. The molecule has 32 heavy (non-hydrogen) atoms. The summed E-state index contributed by atoms with van der Waals surface area (Å²) in [6.07, 6.45) is 4.66. The summed E-state index contributed by atoms with van der Waals surface area (Å²) in [7, 11) is 0. The molecule has 1 saturated heterocycles. The summed E-state index contributed by atoms with van der Waals surface area (Å²) in [4.78, 5) is 26.4. The molecule has 2 heterocycles. The number of para-hydroxylation sites is 1. The zero-order valence-corrected chi connectivity index (χ0v) is 17.4. The normalized spacial score (nSPS) is 16.1. The minimum absolute atomic E-state index is 0.165. The van der Waals surface area contributed by atoms with Crippen molar-refractivity contribution in [1.82, 2.24) is 9.47 Å². The first-order valence-corrected chi connectivity index (χ1v) is 10.6. The van der Waals surface area contributed by atoms with Crippen molar-refractivity contribution in [2.45, 2.75) is 12.6 Å². The van der Waals surface area contributed by atoms with Crippen LogP contribution >= 0.6 is 0 Å². The zero-order chi connectivity index (χ0) is 21.9. The van der Waals surface area contributed by atoms with Gasteiger partial charge < -0.3 is 9.30 Å². The highest BCUT2D eigenvalue weighted by atomic mass is 16.6. The number of nitrogens with zero attached hydrogens (tertiary/aromatic N) is 2. The first-order chi connectivity index (χ1) is 15.7. The first kappa shape index (κ1) is 19.8. The van der Waals surface area contributed by atoms with Crippen molar-refractivity contribution in [1.29, 1.82) is 0 Å². The number of ether oxygens (including phenoxy) is 1. The predicted molar refractivity (Wildman–Crippen MR) is 124 cm³/mol. The molecule has 1 aromatic heterocycles. The highest BCUT2D eigenvalue weighted by molar-refractivity contribution is 6.03. The van der Waals surface area contributed by atoms with E-state index in [4.69, 9.17) is 4.74 Å². The molecule has 1 unspecified atom stereocenters. The smallest absolute Gasteiger partial charge is 0.417 e. The Morgan fingerprint density at radius 3 is 2.41 bits per heavy atom. The van der Waals surface area contributed by atoms with Gasteiger partial charge in [0.25, 0.3) is 5.91 Å². The molecule has 0 N–H and O–H groups in total. The summed E-state index contributed by atoms with van der Waals surface area (Å²) in [6, 6.07) is 27.4. The van der Waals surface area contributed by atoms with E-state index in [1.165, 1.54) is 16.5 Å². The molecule has 1 aliphatic rings. The number of hydrogen-bond donors (Lipinski definition) is 0. The number of rotatable bonds is 5. The Kier molecular flexibility index (Phi) is 5.30. The third-order valence-corrected chi connectivity index (χ3v) is 5.72. The van der Waals surface area contributed by atoms with Crippen LogP contribution in [0, 0.1) is 0 Å². The topological polar surface area (TPSA) is 51.5 Å². The molecule has 5 heteroatoms. The molecule has 1 fully saturated rings. The lowest BCUT2D eigenvalue weighted by molar-refractivity contribution is -0.124. The molecule has 2 amide bonds. The van der Waals surface area contributed by atoms with Gasteiger partial charge in [-0.3, -0.25) is 4.79 Å². The molecule has 4 aromatic rings. The van der Waals surface area contributed by atoms with E-state index in [2.05, 4.69) is 22.8 Å². The molecule has 0 radical (unpaired) electrons. The fourth-order valence-corrected chi connectivity index (χ4v) is 4.15. The van der Waals surface area contributed by atoms with Crippen LogP contribution in [0.1, 0.15) is 22.7 Å². The molecule has 0 aliphatic carbocycles. The van der Waals surface area contributed by atoms with Gasteiger partial charge in [0, 0.05) is 35.3 Å². The largest absolute Gasteiger partial charge is 0.446 e. The van der Waals surface area contributed by atoms with E-state index in [1.54, 1.807) is 6.08 Å². The van der Waals surface area contributed by atoms with Gasteiger partial charge in [-0.25, -0.2) is 9.69 Å². The fourth-order valence-electron chi connectivity index (χ4n) is 4.15. The molecule has 0 bridgehead atoms. The summed E-state index contributed by atoms with van der Waals surface area (Å²) in [5.41, 5.74) is 4.09. The molecule has 5 rings (SSSR count). The van der Waals surface area contributed by atoms with Gasteiger partial charge in [-0.05, 0) is 23.3 Å². The maximum absolute atomic E-state index is 13.0. The number of carbonyl (C=O) groups excluding carboxylic acids is 2. The Bertz CT molecular complexity index is 1290. The third-order valence-electron chi connectivity index (χ3n) is 5.72. The number of fused-ring (bicyclic) bond motifs is 1. The number of cyclic esters (lactones) is 1. The zero-order valence-electron chi connectivity index (χ0n) is 17.4. The van der Waals surface area contributed by atoms with Gasteiger partial charge >= 0.3 is 6.09 Å². The van der Waals surface area contributed by atoms with E-state index in [1.807, 2.05) is 72.9 Å². The van der Waals surface area contributed by atoms with E-state index < -0.39 is 12.1 Å².